The fourth-order valence-corrected chi connectivity index (χ4v) is 4.02. The first kappa shape index (κ1) is 20.6. The predicted molar refractivity (Wildman–Crippen MR) is 115 cm³/mol. The summed E-state index contributed by atoms with van der Waals surface area (Å²) in [6.07, 6.45) is 0. The molecule has 6 heteroatoms. The Labute approximate surface area is 174 Å². The van der Waals surface area contributed by atoms with Gasteiger partial charge >= 0.3 is 5.97 Å². The van der Waals surface area contributed by atoms with Crippen molar-refractivity contribution in [3.05, 3.63) is 82.2 Å². The molecule has 5 nitrogen and oxygen atoms in total. The van der Waals surface area contributed by atoms with Gasteiger partial charge in [-0.3, -0.25) is 4.79 Å². The monoisotopic (exact) mass is 409 g/mol. The maximum Gasteiger partial charge on any atom is 0.341 e. The zero-order valence-corrected chi connectivity index (χ0v) is 17.4. The third-order valence-corrected chi connectivity index (χ3v) is 5.79. The number of esters is 1. The van der Waals surface area contributed by atoms with Gasteiger partial charge in [0.1, 0.15) is 10.8 Å². The summed E-state index contributed by atoms with van der Waals surface area (Å²) < 4.78 is 10.3. The average molecular weight is 410 g/mol. The number of hydrogen-bond donors (Lipinski definition) is 1. The minimum absolute atomic E-state index is 0.0843. The molecule has 0 saturated carbocycles. The van der Waals surface area contributed by atoms with Crippen molar-refractivity contribution in [3.63, 3.8) is 0 Å². The second-order valence-electron chi connectivity index (χ2n) is 6.43. The molecule has 1 unspecified atom stereocenters. The van der Waals surface area contributed by atoms with E-state index in [4.69, 9.17) is 9.47 Å². The summed E-state index contributed by atoms with van der Waals surface area (Å²) in [6, 6.07) is 18.6. The summed E-state index contributed by atoms with van der Waals surface area (Å²) in [7, 11) is 1.57. The standard InChI is InChI=1S/C23H23NO4S/c1-4-28-23(26)19-14-20(15(2)16-8-6-5-7-9-16)29-22(19)24-21(25)17-10-12-18(27-3)13-11-17/h5-15H,4H2,1-3H3,(H,24,25). The Morgan fingerprint density at radius 3 is 2.38 bits per heavy atom. The number of nitrogens with one attached hydrogen (secondary N) is 1. The van der Waals surface area contributed by atoms with Crippen LogP contribution in [-0.4, -0.2) is 25.6 Å². The molecule has 0 fully saturated rings. The lowest BCUT2D eigenvalue weighted by molar-refractivity contribution is 0.0528. The third kappa shape index (κ3) is 4.84. The maximum atomic E-state index is 12.7. The Hall–Kier alpha value is -3.12. The molecule has 2 aromatic carbocycles. The van der Waals surface area contributed by atoms with E-state index in [1.165, 1.54) is 11.3 Å². The highest BCUT2D eigenvalue weighted by Gasteiger charge is 2.22. The molecule has 0 aliphatic heterocycles. The summed E-state index contributed by atoms with van der Waals surface area (Å²) >= 11 is 1.39. The van der Waals surface area contributed by atoms with E-state index < -0.39 is 5.97 Å². The van der Waals surface area contributed by atoms with Gasteiger partial charge in [-0.15, -0.1) is 11.3 Å². The van der Waals surface area contributed by atoms with Crippen LogP contribution < -0.4 is 10.1 Å². The molecule has 0 bridgehead atoms. The van der Waals surface area contributed by atoms with Gasteiger partial charge in [0.25, 0.3) is 5.91 Å². The van der Waals surface area contributed by atoms with E-state index in [1.54, 1.807) is 38.3 Å². The SMILES string of the molecule is CCOC(=O)c1cc(C(C)c2ccccc2)sc1NC(=O)c1ccc(OC)cc1. The number of hydrogen-bond acceptors (Lipinski definition) is 5. The molecule has 0 radical (unpaired) electrons. The summed E-state index contributed by atoms with van der Waals surface area (Å²) in [6.45, 7) is 4.10. The van der Waals surface area contributed by atoms with E-state index in [-0.39, 0.29) is 18.4 Å². The number of rotatable bonds is 7. The lowest BCUT2D eigenvalue weighted by Crippen LogP contribution is -2.14. The fraction of sp³-hybridized carbons (Fsp3) is 0.217. The van der Waals surface area contributed by atoms with Crippen LogP contribution in [0.1, 0.15) is 50.9 Å². The summed E-state index contributed by atoms with van der Waals surface area (Å²) in [4.78, 5) is 26.1. The van der Waals surface area contributed by atoms with Crippen LogP contribution in [0.25, 0.3) is 0 Å². The van der Waals surface area contributed by atoms with Crippen molar-refractivity contribution in [2.24, 2.45) is 0 Å². The Balaban J connectivity index is 1.90. The molecule has 1 N–H and O–H groups in total. The number of carbonyl (C=O) groups is 2. The fourth-order valence-electron chi connectivity index (χ4n) is 2.90. The summed E-state index contributed by atoms with van der Waals surface area (Å²) in [5.74, 6) is 0.0177. The van der Waals surface area contributed by atoms with E-state index in [0.29, 0.717) is 21.9 Å². The average Bonchev–Trinajstić information content (AvgIpc) is 3.18. The van der Waals surface area contributed by atoms with Crippen LogP contribution in [0.3, 0.4) is 0 Å². The maximum absolute atomic E-state index is 12.7. The topological polar surface area (TPSA) is 64.6 Å². The van der Waals surface area contributed by atoms with Crippen LogP contribution in [0.5, 0.6) is 5.75 Å². The van der Waals surface area contributed by atoms with Crippen LogP contribution in [0.15, 0.2) is 60.7 Å². The van der Waals surface area contributed by atoms with Crippen molar-refractivity contribution in [1.29, 1.82) is 0 Å². The van der Waals surface area contributed by atoms with Gasteiger partial charge in [0, 0.05) is 16.4 Å². The largest absolute Gasteiger partial charge is 0.497 e. The molecular weight excluding hydrogens is 386 g/mol. The normalized spacial score (nSPS) is 11.6. The zero-order valence-electron chi connectivity index (χ0n) is 16.6. The molecule has 0 spiro atoms. The van der Waals surface area contributed by atoms with Crippen LogP contribution in [0.2, 0.25) is 0 Å². The van der Waals surface area contributed by atoms with Crippen molar-refractivity contribution in [2.75, 3.05) is 19.0 Å². The molecule has 150 valence electrons. The Morgan fingerprint density at radius 1 is 1.07 bits per heavy atom. The van der Waals surface area contributed by atoms with E-state index >= 15 is 0 Å². The van der Waals surface area contributed by atoms with Gasteiger partial charge in [-0.1, -0.05) is 37.3 Å². The smallest absolute Gasteiger partial charge is 0.341 e. The van der Waals surface area contributed by atoms with Crippen LogP contribution in [-0.2, 0) is 4.74 Å². The number of amides is 1. The van der Waals surface area contributed by atoms with Crippen molar-refractivity contribution in [1.82, 2.24) is 0 Å². The first-order valence-electron chi connectivity index (χ1n) is 9.34. The number of anilines is 1. The zero-order chi connectivity index (χ0) is 20.8. The van der Waals surface area contributed by atoms with Gasteiger partial charge in [-0.2, -0.15) is 0 Å². The van der Waals surface area contributed by atoms with Gasteiger partial charge in [-0.05, 0) is 42.8 Å². The van der Waals surface area contributed by atoms with Gasteiger partial charge < -0.3 is 14.8 Å². The molecule has 3 aromatic rings. The lowest BCUT2D eigenvalue weighted by atomic mass is 9.99. The minimum Gasteiger partial charge on any atom is -0.497 e. The Bertz CT molecular complexity index is 980. The van der Waals surface area contributed by atoms with Crippen molar-refractivity contribution in [2.45, 2.75) is 19.8 Å². The highest BCUT2D eigenvalue weighted by atomic mass is 32.1. The highest BCUT2D eigenvalue weighted by Crippen LogP contribution is 2.36. The van der Waals surface area contributed by atoms with Crippen molar-refractivity contribution >= 4 is 28.2 Å². The second-order valence-corrected chi connectivity index (χ2v) is 7.51. The van der Waals surface area contributed by atoms with Crippen LogP contribution >= 0.6 is 11.3 Å². The van der Waals surface area contributed by atoms with E-state index in [9.17, 15) is 9.59 Å². The van der Waals surface area contributed by atoms with Gasteiger partial charge in [-0.25, -0.2) is 4.79 Å². The highest BCUT2D eigenvalue weighted by molar-refractivity contribution is 7.16. The molecular formula is C23H23NO4S. The van der Waals surface area contributed by atoms with Crippen LogP contribution in [0.4, 0.5) is 5.00 Å². The van der Waals surface area contributed by atoms with E-state index in [1.807, 2.05) is 36.4 Å². The Kier molecular flexibility index (Phi) is 6.67. The lowest BCUT2D eigenvalue weighted by Gasteiger charge is -2.09. The van der Waals surface area contributed by atoms with Crippen molar-refractivity contribution in [3.8, 4) is 5.75 Å². The molecule has 1 atom stereocenters. The van der Waals surface area contributed by atoms with Gasteiger partial charge in [0.15, 0.2) is 0 Å². The number of ether oxygens (including phenoxy) is 2. The molecule has 29 heavy (non-hydrogen) atoms. The first-order valence-corrected chi connectivity index (χ1v) is 10.2. The predicted octanol–water partition coefficient (Wildman–Crippen LogP) is 5.34. The molecule has 0 aliphatic rings. The molecule has 0 saturated heterocycles. The van der Waals surface area contributed by atoms with E-state index in [0.717, 1.165) is 10.4 Å². The number of methoxy groups -OCH3 is 1. The molecule has 1 aromatic heterocycles. The number of benzene rings is 2. The minimum atomic E-state index is -0.444. The molecule has 3 rings (SSSR count). The first-order chi connectivity index (χ1) is 14.0. The third-order valence-electron chi connectivity index (χ3n) is 4.55. The molecule has 1 heterocycles. The molecule has 1 amide bonds. The van der Waals surface area contributed by atoms with Gasteiger partial charge in [0.2, 0.25) is 0 Å². The number of thiophene rings is 1. The quantitative estimate of drug-likeness (QED) is 0.535. The Morgan fingerprint density at radius 2 is 1.76 bits per heavy atom. The summed E-state index contributed by atoms with van der Waals surface area (Å²) in [5, 5.41) is 3.36. The van der Waals surface area contributed by atoms with Crippen molar-refractivity contribution < 1.29 is 19.1 Å². The molecule has 0 aliphatic carbocycles. The van der Waals surface area contributed by atoms with Gasteiger partial charge in [0.05, 0.1) is 19.3 Å². The van der Waals surface area contributed by atoms with E-state index in [2.05, 4.69) is 12.2 Å². The van der Waals surface area contributed by atoms with Crippen LogP contribution in [0, 0.1) is 0 Å². The summed E-state index contributed by atoms with van der Waals surface area (Å²) in [5.41, 5.74) is 1.99. The second kappa shape index (κ2) is 9.39. The number of carbonyl (C=O) groups excluding carboxylic acids is 2.